The predicted octanol–water partition coefficient (Wildman–Crippen LogP) is 3.10. The second-order valence-electron chi connectivity index (χ2n) is 6.95. The van der Waals surface area contributed by atoms with Crippen molar-refractivity contribution in [1.29, 1.82) is 0 Å². The maximum atomic E-state index is 12.1. The van der Waals surface area contributed by atoms with Gasteiger partial charge in [-0.3, -0.25) is 4.57 Å². The van der Waals surface area contributed by atoms with Crippen molar-refractivity contribution in [1.82, 2.24) is 19.5 Å². The molecule has 24 heavy (non-hydrogen) atoms. The molecule has 0 saturated heterocycles. The van der Waals surface area contributed by atoms with Gasteiger partial charge >= 0.3 is 5.97 Å². The number of fused-ring (bicyclic) bond motifs is 1. The number of carbonyl (C=O) groups excluding carboxylic acids is 1. The Morgan fingerprint density at radius 3 is 2.71 bits per heavy atom. The van der Waals surface area contributed by atoms with Gasteiger partial charge < -0.3 is 9.47 Å². The normalized spacial score (nSPS) is 11.8. The number of aromatic nitrogens is 4. The van der Waals surface area contributed by atoms with E-state index in [9.17, 15) is 4.79 Å². The average molecular weight is 350 g/mol. The first-order valence-electron chi connectivity index (χ1n) is 8.33. The van der Waals surface area contributed by atoms with Crippen molar-refractivity contribution in [3.05, 3.63) is 18.3 Å². The molecular weight excluding hydrogens is 324 g/mol. The van der Waals surface area contributed by atoms with Crippen LogP contribution in [0.2, 0.25) is 25.7 Å². The third kappa shape index (κ3) is 5.10. The molecule has 0 unspecified atom stereocenters. The molecule has 8 heteroatoms. The van der Waals surface area contributed by atoms with Crippen molar-refractivity contribution < 1.29 is 14.3 Å². The van der Waals surface area contributed by atoms with Crippen LogP contribution in [-0.2, 0) is 16.2 Å². The minimum atomic E-state index is -1.11. The van der Waals surface area contributed by atoms with Gasteiger partial charge in [0.2, 0.25) is 0 Å². The van der Waals surface area contributed by atoms with Gasteiger partial charge in [0, 0.05) is 14.7 Å². The molecule has 7 nitrogen and oxygen atoms in total. The Hall–Kier alpha value is -1.80. The van der Waals surface area contributed by atoms with E-state index in [4.69, 9.17) is 9.47 Å². The highest BCUT2D eigenvalue weighted by Gasteiger charge is 2.18. The zero-order chi connectivity index (χ0) is 17.6. The molecule has 0 spiro atoms. The second-order valence-corrected chi connectivity index (χ2v) is 12.6. The summed E-state index contributed by atoms with van der Waals surface area (Å²) in [7, 11) is -1.11. The number of unbranched alkanes of at least 4 members (excludes halogenated alkanes) is 1. The van der Waals surface area contributed by atoms with E-state index in [1.807, 2.05) is 6.92 Å². The number of hydrogen-bond acceptors (Lipinski definition) is 6. The van der Waals surface area contributed by atoms with E-state index >= 15 is 0 Å². The van der Waals surface area contributed by atoms with Crippen molar-refractivity contribution in [2.45, 2.75) is 52.2 Å². The molecule has 0 aromatic carbocycles. The van der Waals surface area contributed by atoms with Crippen molar-refractivity contribution in [3.63, 3.8) is 0 Å². The predicted molar refractivity (Wildman–Crippen MR) is 94.6 cm³/mol. The first kappa shape index (κ1) is 18.5. The second kappa shape index (κ2) is 8.34. The quantitative estimate of drug-likeness (QED) is 0.393. The minimum Gasteiger partial charge on any atom is -0.461 e. The highest BCUT2D eigenvalue weighted by Crippen LogP contribution is 2.15. The molecule has 2 rings (SSSR count). The number of ether oxygens (including phenoxy) is 2. The van der Waals surface area contributed by atoms with Crippen LogP contribution in [0, 0.1) is 0 Å². The molecule has 0 aliphatic heterocycles. The SMILES string of the molecule is CCCCOC(=O)c1ncnc2c1ncn2COCC[Si](C)(C)C. The summed E-state index contributed by atoms with van der Waals surface area (Å²) in [6.45, 7) is 10.4. The first-order valence-corrected chi connectivity index (χ1v) is 12.0. The van der Waals surface area contributed by atoms with Crippen LogP contribution in [0.4, 0.5) is 0 Å². The van der Waals surface area contributed by atoms with Crippen LogP contribution in [0.15, 0.2) is 12.7 Å². The number of nitrogens with zero attached hydrogens (tertiary/aromatic N) is 4. The Labute approximate surface area is 143 Å². The highest BCUT2D eigenvalue weighted by atomic mass is 28.3. The fourth-order valence-electron chi connectivity index (χ4n) is 2.04. The maximum absolute atomic E-state index is 12.1. The molecule has 0 fully saturated rings. The molecule has 0 atom stereocenters. The van der Waals surface area contributed by atoms with Gasteiger partial charge in [-0.2, -0.15) is 0 Å². The Morgan fingerprint density at radius 1 is 1.21 bits per heavy atom. The van der Waals surface area contributed by atoms with E-state index in [0.29, 0.717) is 31.1 Å². The van der Waals surface area contributed by atoms with E-state index < -0.39 is 14.0 Å². The van der Waals surface area contributed by atoms with Gasteiger partial charge in [0.25, 0.3) is 0 Å². The van der Waals surface area contributed by atoms with Crippen molar-refractivity contribution >= 4 is 25.2 Å². The van der Waals surface area contributed by atoms with Gasteiger partial charge in [-0.1, -0.05) is 33.0 Å². The van der Waals surface area contributed by atoms with Crippen LogP contribution >= 0.6 is 0 Å². The lowest BCUT2D eigenvalue weighted by Gasteiger charge is -2.15. The fraction of sp³-hybridized carbons (Fsp3) is 0.625. The van der Waals surface area contributed by atoms with Crippen LogP contribution < -0.4 is 0 Å². The zero-order valence-electron chi connectivity index (χ0n) is 14.9. The smallest absolute Gasteiger partial charge is 0.359 e. The summed E-state index contributed by atoms with van der Waals surface area (Å²) in [5.41, 5.74) is 1.24. The van der Waals surface area contributed by atoms with Gasteiger partial charge in [-0.05, 0) is 12.5 Å². The summed E-state index contributed by atoms with van der Waals surface area (Å²) in [6.07, 6.45) is 4.78. The molecule has 0 amide bonds. The molecule has 0 N–H and O–H groups in total. The van der Waals surface area contributed by atoms with Crippen LogP contribution in [0.5, 0.6) is 0 Å². The Kier molecular flexibility index (Phi) is 6.44. The van der Waals surface area contributed by atoms with Crippen LogP contribution in [0.3, 0.4) is 0 Å². The number of esters is 1. The summed E-state index contributed by atoms with van der Waals surface area (Å²) in [5, 5.41) is 0. The van der Waals surface area contributed by atoms with E-state index in [2.05, 4.69) is 34.6 Å². The standard InChI is InChI=1S/C16H26N4O3Si/c1-5-6-7-23-16(21)14-13-15(18-10-17-14)20(11-19-13)12-22-8-9-24(2,3)4/h10-11H,5-9,12H2,1-4H3. The van der Waals surface area contributed by atoms with Crippen molar-refractivity contribution in [3.8, 4) is 0 Å². The lowest BCUT2D eigenvalue weighted by atomic mass is 10.3. The van der Waals surface area contributed by atoms with Crippen LogP contribution in [-0.4, -0.2) is 46.8 Å². The van der Waals surface area contributed by atoms with Gasteiger partial charge in [0.05, 0.1) is 12.9 Å². The summed E-state index contributed by atoms with van der Waals surface area (Å²) in [5.74, 6) is -0.458. The largest absolute Gasteiger partial charge is 0.461 e. The fourth-order valence-corrected chi connectivity index (χ4v) is 2.80. The third-order valence-electron chi connectivity index (χ3n) is 3.55. The minimum absolute atomic E-state index is 0.206. The third-order valence-corrected chi connectivity index (χ3v) is 5.26. The maximum Gasteiger partial charge on any atom is 0.359 e. The number of imidazole rings is 1. The van der Waals surface area contributed by atoms with Gasteiger partial charge in [-0.25, -0.2) is 19.7 Å². The van der Waals surface area contributed by atoms with Crippen molar-refractivity contribution in [2.75, 3.05) is 13.2 Å². The van der Waals surface area contributed by atoms with E-state index in [1.54, 1.807) is 10.9 Å². The average Bonchev–Trinajstić information content (AvgIpc) is 2.94. The zero-order valence-corrected chi connectivity index (χ0v) is 15.9. The van der Waals surface area contributed by atoms with Crippen LogP contribution in [0.25, 0.3) is 11.2 Å². The molecule has 2 heterocycles. The Balaban J connectivity index is 2.04. The molecule has 2 aromatic heterocycles. The van der Waals surface area contributed by atoms with E-state index in [-0.39, 0.29) is 5.69 Å². The monoisotopic (exact) mass is 350 g/mol. The lowest BCUT2D eigenvalue weighted by molar-refractivity contribution is 0.0495. The summed E-state index contributed by atoms with van der Waals surface area (Å²) >= 11 is 0. The Bertz CT molecular complexity index is 682. The van der Waals surface area contributed by atoms with Gasteiger partial charge in [0.1, 0.15) is 18.6 Å². The molecule has 2 aromatic rings. The molecule has 0 radical (unpaired) electrons. The Morgan fingerprint density at radius 2 is 2.00 bits per heavy atom. The van der Waals surface area contributed by atoms with Gasteiger partial charge in [0.15, 0.2) is 11.3 Å². The first-order chi connectivity index (χ1) is 11.4. The highest BCUT2D eigenvalue weighted by molar-refractivity contribution is 6.76. The number of hydrogen-bond donors (Lipinski definition) is 0. The van der Waals surface area contributed by atoms with Crippen LogP contribution in [0.1, 0.15) is 30.3 Å². The molecule has 0 bridgehead atoms. The topological polar surface area (TPSA) is 79.1 Å². The molecule has 132 valence electrons. The molecule has 0 aliphatic rings. The number of rotatable bonds is 9. The lowest BCUT2D eigenvalue weighted by Crippen LogP contribution is -2.22. The summed E-state index contributed by atoms with van der Waals surface area (Å²) < 4.78 is 12.7. The van der Waals surface area contributed by atoms with Crippen molar-refractivity contribution in [2.24, 2.45) is 0 Å². The van der Waals surface area contributed by atoms with Gasteiger partial charge in [-0.15, -0.1) is 0 Å². The number of carbonyl (C=O) groups is 1. The van der Waals surface area contributed by atoms with E-state index in [1.165, 1.54) is 6.33 Å². The summed E-state index contributed by atoms with van der Waals surface area (Å²) in [4.78, 5) is 24.6. The molecular formula is C16H26N4O3Si. The molecule has 0 aliphatic carbocycles. The summed E-state index contributed by atoms with van der Waals surface area (Å²) in [6, 6.07) is 1.10. The molecule has 0 saturated carbocycles. The van der Waals surface area contributed by atoms with E-state index in [0.717, 1.165) is 18.9 Å².